The molecule has 0 saturated carbocycles. The van der Waals surface area contributed by atoms with Crippen LogP contribution < -0.4 is 10.5 Å². The molecule has 2 N–H and O–H groups in total. The monoisotopic (exact) mass is 317 g/mol. The van der Waals surface area contributed by atoms with Crippen molar-refractivity contribution < 1.29 is 4.74 Å². The van der Waals surface area contributed by atoms with E-state index in [9.17, 15) is 0 Å². The first-order valence-corrected chi connectivity index (χ1v) is 7.59. The lowest BCUT2D eigenvalue weighted by Crippen LogP contribution is -1.96. The summed E-state index contributed by atoms with van der Waals surface area (Å²) in [5.41, 5.74) is 10.4. The first kappa shape index (κ1) is 15.6. The second-order valence-corrected chi connectivity index (χ2v) is 5.24. The molecule has 0 atom stereocenters. The number of aliphatic imine (C=N–C) groups is 1. The predicted octanol–water partition coefficient (Wildman–Crippen LogP) is 4.60. The third-order valence-corrected chi connectivity index (χ3v) is 3.79. The Balaban J connectivity index is 1.94. The number of ether oxygens (including phenoxy) is 1. The molecule has 0 fully saturated rings. The van der Waals surface area contributed by atoms with Crippen molar-refractivity contribution in [3.63, 3.8) is 0 Å². The second-order valence-electron chi connectivity index (χ2n) is 5.24. The molecule has 4 heteroatoms. The van der Waals surface area contributed by atoms with Crippen molar-refractivity contribution in [2.45, 2.75) is 0 Å². The molecule has 3 rings (SSSR count). The van der Waals surface area contributed by atoms with Gasteiger partial charge in [0.05, 0.1) is 36.1 Å². The fourth-order valence-electron chi connectivity index (χ4n) is 2.51. The van der Waals surface area contributed by atoms with E-state index >= 15 is 0 Å². The number of nitrogens with two attached hydrogens (primary N) is 1. The number of nitrogen functional groups attached to an aromatic ring is 1. The number of benzene rings is 2. The summed E-state index contributed by atoms with van der Waals surface area (Å²) in [6, 6.07) is 19.5. The summed E-state index contributed by atoms with van der Waals surface area (Å²) in [5.74, 6) is 0.830. The van der Waals surface area contributed by atoms with Gasteiger partial charge in [-0.25, -0.2) is 0 Å². The average Bonchev–Trinajstić information content (AvgIpc) is 3.04. The number of nitrogens with zero attached hydrogens (tertiary/aromatic N) is 2. The van der Waals surface area contributed by atoms with Crippen LogP contribution >= 0.6 is 0 Å². The zero-order valence-corrected chi connectivity index (χ0v) is 13.5. The molecule has 1 heterocycles. The lowest BCUT2D eigenvalue weighted by atomic mass is 10.1. The lowest BCUT2D eigenvalue weighted by Gasteiger charge is -2.07. The van der Waals surface area contributed by atoms with E-state index in [0.717, 1.165) is 28.4 Å². The maximum absolute atomic E-state index is 5.93. The highest BCUT2D eigenvalue weighted by Gasteiger charge is 2.07. The van der Waals surface area contributed by atoms with E-state index in [4.69, 9.17) is 10.5 Å². The lowest BCUT2D eigenvalue weighted by molar-refractivity contribution is 0.415. The van der Waals surface area contributed by atoms with Gasteiger partial charge in [-0.2, -0.15) is 0 Å². The molecule has 0 radical (unpaired) electrons. The Hall–Kier alpha value is -3.27. The summed E-state index contributed by atoms with van der Waals surface area (Å²) >= 11 is 0. The maximum atomic E-state index is 5.93. The van der Waals surface area contributed by atoms with Gasteiger partial charge >= 0.3 is 0 Å². The van der Waals surface area contributed by atoms with Crippen LogP contribution in [0.3, 0.4) is 0 Å². The van der Waals surface area contributed by atoms with E-state index in [-0.39, 0.29) is 0 Å². The van der Waals surface area contributed by atoms with Gasteiger partial charge in [0, 0.05) is 6.20 Å². The van der Waals surface area contributed by atoms with Crippen LogP contribution in [0.5, 0.6) is 5.75 Å². The van der Waals surface area contributed by atoms with Crippen molar-refractivity contribution >= 4 is 23.8 Å². The largest absolute Gasteiger partial charge is 0.497 e. The van der Waals surface area contributed by atoms with E-state index in [1.807, 2.05) is 65.2 Å². The minimum Gasteiger partial charge on any atom is -0.497 e. The first-order chi connectivity index (χ1) is 11.7. The highest BCUT2D eigenvalue weighted by molar-refractivity contribution is 5.85. The molecule has 4 nitrogen and oxygen atoms in total. The standard InChI is InChI=1S/C20H19N3O/c1-3-23-16(14-22-19-7-5-4-6-18(19)21)10-13-20(23)15-8-11-17(24-2)12-9-15/h3-14H,1,21H2,2H3. The Labute approximate surface area is 141 Å². The van der Waals surface area contributed by atoms with Gasteiger partial charge in [0.2, 0.25) is 0 Å². The number of hydrogen-bond donors (Lipinski definition) is 1. The number of methoxy groups -OCH3 is 1. The number of rotatable bonds is 5. The van der Waals surface area contributed by atoms with Crippen LogP contribution in [0.4, 0.5) is 11.4 Å². The zero-order valence-electron chi connectivity index (χ0n) is 13.5. The van der Waals surface area contributed by atoms with Gasteiger partial charge in [-0.05, 0) is 54.1 Å². The molecule has 0 saturated heterocycles. The molecule has 1 aromatic heterocycles. The smallest absolute Gasteiger partial charge is 0.118 e. The molecule has 3 aromatic rings. The Kier molecular flexibility index (Phi) is 4.47. The van der Waals surface area contributed by atoms with Crippen LogP contribution in [0.2, 0.25) is 0 Å². The van der Waals surface area contributed by atoms with Crippen molar-refractivity contribution in [3.8, 4) is 17.0 Å². The summed E-state index contributed by atoms with van der Waals surface area (Å²) in [4.78, 5) is 4.48. The second kappa shape index (κ2) is 6.87. The van der Waals surface area contributed by atoms with E-state index in [1.54, 1.807) is 19.5 Å². The fraction of sp³-hybridized carbons (Fsp3) is 0.0500. The molecule has 0 aliphatic heterocycles. The molecule has 24 heavy (non-hydrogen) atoms. The van der Waals surface area contributed by atoms with Gasteiger partial charge in [0.15, 0.2) is 0 Å². The number of anilines is 1. The van der Waals surface area contributed by atoms with E-state index in [1.165, 1.54) is 0 Å². The molecule has 0 bridgehead atoms. The number of para-hydroxylation sites is 2. The maximum Gasteiger partial charge on any atom is 0.118 e. The quantitative estimate of drug-likeness (QED) is 0.552. The predicted molar refractivity (Wildman–Crippen MR) is 101 cm³/mol. The Morgan fingerprint density at radius 3 is 2.46 bits per heavy atom. The van der Waals surface area contributed by atoms with Gasteiger partial charge < -0.3 is 15.0 Å². The van der Waals surface area contributed by atoms with Crippen LogP contribution in [-0.2, 0) is 0 Å². The third-order valence-electron chi connectivity index (χ3n) is 3.79. The summed E-state index contributed by atoms with van der Waals surface area (Å²) in [5, 5.41) is 0. The van der Waals surface area contributed by atoms with Crippen molar-refractivity contribution in [1.29, 1.82) is 0 Å². The van der Waals surface area contributed by atoms with E-state index in [0.29, 0.717) is 5.69 Å². The normalized spacial score (nSPS) is 10.9. The zero-order chi connectivity index (χ0) is 16.9. The molecule has 120 valence electrons. The highest BCUT2D eigenvalue weighted by Crippen LogP contribution is 2.26. The van der Waals surface area contributed by atoms with Crippen LogP contribution in [0.25, 0.3) is 17.5 Å². The van der Waals surface area contributed by atoms with Crippen LogP contribution in [0.1, 0.15) is 5.69 Å². The molecule has 0 amide bonds. The van der Waals surface area contributed by atoms with Crippen LogP contribution in [0, 0.1) is 0 Å². The average molecular weight is 317 g/mol. The SMILES string of the molecule is C=Cn1c(C=Nc2ccccc2N)ccc1-c1ccc(OC)cc1. The van der Waals surface area contributed by atoms with Crippen molar-refractivity contribution in [3.05, 3.63) is 72.9 Å². The molecule has 0 aliphatic rings. The summed E-state index contributed by atoms with van der Waals surface area (Å²) < 4.78 is 7.20. The summed E-state index contributed by atoms with van der Waals surface area (Å²) in [6.07, 6.45) is 3.57. The highest BCUT2D eigenvalue weighted by atomic mass is 16.5. The topological polar surface area (TPSA) is 52.5 Å². The molecule has 0 spiro atoms. The first-order valence-electron chi connectivity index (χ1n) is 7.59. The van der Waals surface area contributed by atoms with E-state index < -0.39 is 0 Å². The van der Waals surface area contributed by atoms with Gasteiger partial charge in [0.1, 0.15) is 5.75 Å². The molecule has 2 aromatic carbocycles. The number of hydrogen-bond acceptors (Lipinski definition) is 3. The molecular formula is C20H19N3O. The van der Waals surface area contributed by atoms with Crippen molar-refractivity contribution in [2.24, 2.45) is 4.99 Å². The number of aromatic nitrogens is 1. The van der Waals surface area contributed by atoms with Gasteiger partial charge in [0.25, 0.3) is 0 Å². The molecule has 0 unspecified atom stereocenters. The van der Waals surface area contributed by atoms with Gasteiger partial charge in [-0.15, -0.1) is 0 Å². The fourth-order valence-corrected chi connectivity index (χ4v) is 2.51. The summed E-state index contributed by atoms with van der Waals surface area (Å²) in [7, 11) is 1.66. The third kappa shape index (κ3) is 3.08. The van der Waals surface area contributed by atoms with E-state index in [2.05, 4.69) is 11.6 Å². The van der Waals surface area contributed by atoms with Crippen molar-refractivity contribution in [2.75, 3.05) is 12.8 Å². The molecule has 0 aliphatic carbocycles. The minimum atomic E-state index is 0.654. The Bertz CT molecular complexity index is 876. The summed E-state index contributed by atoms with van der Waals surface area (Å²) in [6.45, 7) is 3.91. The Morgan fingerprint density at radius 2 is 1.79 bits per heavy atom. The van der Waals surface area contributed by atoms with Gasteiger partial charge in [-0.1, -0.05) is 18.7 Å². The van der Waals surface area contributed by atoms with Gasteiger partial charge in [-0.3, -0.25) is 4.99 Å². The Morgan fingerprint density at radius 1 is 1.04 bits per heavy atom. The van der Waals surface area contributed by atoms with Crippen molar-refractivity contribution in [1.82, 2.24) is 4.57 Å². The van der Waals surface area contributed by atoms with Crippen LogP contribution in [0.15, 0.2) is 72.2 Å². The van der Waals surface area contributed by atoms with Crippen LogP contribution in [-0.4, -0.2) is 17.9 Å². The minimum absolute atomic E-state index is 0.654. The molecular weight excluding hydrogens is 298 g/mol.